The summed E-state index contributed by atoms with van der Waals surface area (Å²) in [6.45, 7) is 10.4. The Balaban J connectivity index is 2.38. The van der Waals surface area contributed by atoms with Gasteiger partial charge in [0.25, 0.3) is 0 Å². The summed E-state index contributed by atoms with van der Waals surface area (Å²) in [4.78, 5) is 4.97. The molecule has 0 spiro atoms. The van der Waals surface area contributed by atoms with Crippen LogP contribution in [-0.2, 0) is 0 Å². The number of nitrogens with two attached hydrogens (primary N) is 1. The van der Waals surface area contributed by atoms with E-state index in [-0.39, 0.29) is 0 Å². The number of piperidine rings is 1. The predicted molar refractivity (Wildman–Crippen MR) is 79.8 cm³/mol. The number of nitrogens with zero attached hydrogens (tertiary/aromatic N) is 2. The molecule has 0 atom stereocenters. The van der Waals surface area contributed by atoms with E-state index in [4.69, 9.17) is 5.73 Å². The minimum Gasteiger partial charge on any atom is -0.330 e. The van der Waals surface area contributed by atoms with E-state index in [1.54, 1.807) is 0 Å². The van der Waals surface area contributed by atoms with Gasteiger partial charge in [-0.05, 0) is 70.7 Å². The molecule has 0 aromatic rings. The maximum absolute atomic E-state index is 6.01. The highest BCUT2D eigenvalue weighted by Gasteiger charge is 2.29. The molecule has 1 aliphatic rings. The van der Waals surface area contributed by atoms with Gasteiger partial charge in [0.2, 0.25) is 0 Å². The van der Waals surface area contributed by atoms with Crippen LogP contribution in [0, 0.1) is 11.3 Å². The van der Waals surface area contributed by atoms with Crippen molar-refractivity contribution >= 4 is 0 Å². The highest BCUT2D eigenvalue weighted by Crippen LogP contribution is 2.28. The molecule has 0 saturated carbocycles. The molecule has 1 fully saturated rings. The lowest BCUT2D eigenvalue weighted by Crippen LogP contribution is -2.45. The van der Waals surface area contributed by atoms with Crippen LogP contribution in [0.15, 0.2) is 0 Å². The smallest absolute Gasteiger partial charge is 0.00499 e. The summed E-state index contributed by atoms with van der Waals surface area (Å²) in [7, 11) is 4.36. The van der Waals surface area contributed by atoms with Crippen LogP contribution in [0.3, 0.4) is 0 Å². The van der Waals surface area contributed by atoms with Crippen LogP contribution in [0.4, 0.5) is 0 Å². The van der Waals surface area contributed by atoms with Gasteiger partial charge in [-0.25, -0.2) is 0 Å². The number of likely N-dealkylation sites (tertiary alicyclic amines) is 1. The third kappa shape index (κ3) is 4.52. The molecule has 1 saturated heterocycles. The van der Waals surface area contributed by atoms with Crippen LogP contribution < -0.4 is 5.73 Å². The summed E-state index contributed by atoms with van der Waals surface area (Å²) >= 11 is 0. The minimum absolute atomic E-state index is 0.356. The molecule has 3 heteroatoms. The van der Waals surface area contributed by atoms with Gasteiger partial charge < -0.3 is 15.5 Å². The highest BCUT2D eigenvalue weighted by atomic mass is 15.1. The van der Waals surface area contributed by atoms with E-state index in [0.717, 1.165) is 12.5 Å². The summed E-state index contributed by atoms with van der Waals surface area (Å²) < 4.78 is 0. The lowest BCUT2D eigenvalue weighted by Gasteiger charge is -2.40. The van der Waals surface area contributed by atoms with E-state index in [1.165, 1.54) is 51.9 Å². The molecule has 0 unspecified atom stereocenters. The van der Waals surface area contributed by atoms with Crippen molar-refractivity contribution in [1.82, 2.24) is 9.80 Å². The lowest BCUT2D eigenvalue weighted by molar-refractivity contribution is 0.0991. The second-order valence-corrected chi connectivity index (χ2v) is 6.39. The summed E-state index contributed by atoms with van der Waals surface area (Å²) in [5.41, 5.74) is 6.36. The maximum atomic E-state index is 6.01. The van der Waals surface area contributed by atoms with Crippen molar-refractivity contribution in [1.29, 1.82) is 0 Å². The Bertz CT molecular complexity index is 208. The molecule has 2 N–H and O–H groups in total. The Morgan fingerprint density at radius 1 is 1.17 bits per heavy atom. The Labute approximate surface area is 114 Å². The minimum atomic E-state index is 0.356. The summed E-state index contributed by atoms with van der Waals surface area (Å²) in [5, 5.41) is 0. The quantitative estimate of drug-likeness (QED) is 0.755. The van der Waals surface area contributed by atoms with E-state index >= 15 is 0 Å². The van der Waals surface area contributed by atoms with Crippen LogP contribution in [0.2, 0.25) is 0 Å². The molecule has 0 bridgehead atoms. The van der Waals surface area contributed by atoms with Crippen molar-refractivity contribution in [2.75, 3.05) is 46.8 Å². The highest BCUT2D eigenvalue weighted by molar-refractivity contribution is 4.84. The number of hydrogen-bond donors (Lipinski definition) is 1. The topological polar surface area (TPSA) is 32.5 Å². The molecule has 0 radical (unpaired) electrons. The van der Waals surface area contributed by atoms with Gasteiger partial charge in [0, 0.05) is 13.1 Å². The van der Waals surface area contributed by atoms with Gasteiger partial charge >= 0.3 is 0 Å². The van der Waals surface area contributed by atoms with Gasteiger partial charge in [-0.1, -0.05) is 13.8 Å². The summed E-state index contributed by atoms with van der Waals surface area (Å²) in [6.07, 6.45) is 5.12. The second kappa shape index (κ2) is 7.46. The van der Waals surface area contributed by atoms with E-state index < -0.39 is 0 Å². The molecule has 1 rings (SSSR count). The van der Waals surface area contributed by atoms with Crippen molar-refractivity contribution in [3.8, 4) is 0 Å². The van der Waals surface area contributed by atoms with Crippen LogP contribution >= 0.6 is 0 Å². The zero-order valence-corrected chi connectivity index (χ0v) is 12.9. The van der Waals surface area contributed by atoms with Gasteiger partial charge in [0.15, 0.2) is 0 Å². The number of hydrogen-bond acceptors (Lipinski definition) is 3. The first-order valence-electron chi connectivity index (χ1n) is 7.62. The Morgan fingerprint density at radius 2 is 1.72 bits per heavy atom. The van der Waals surface area contributed by atoms with Crippen molar-refractivity contribution in [2.45, 2.75) is 39.5 Å². The zero-order chi connectivity index (χ0) is 13.6. The van der Waals surface area contributed by atoms with Crippen molar-refractivity contribution in [3.05, 3.63) is 0 Å². The van der Waals surface area contributed by atoms with Gasteiger partial charge in [-0.3, -0.25) is 0 Å². The van der Waals surface area contributed by atoms with E-state index in [9.17, 15) is 0 Å². The Morgan fingerprint density at radius 3 is 2.11 bits per heavy atom. The van der Waals surface area contributed by atoms with Gasteiger partial charge in [-0.2, -0.15) is 0 Å². The Kier molecular flexibility index (Phi) is 6.61. The maximum Gasteiger partial charge on any atom is 0.00499 e. The molecule has 0 aromatic carbocycles. The molecule has 0 amide bonds. The number of rotatable bonds is 7. The van der Waals surface area contributed by atoms with Crippen LogP contribution in [0.5, 0.6) is 0 Å². The van der Waals surface area contributed by atoms with Crippen molar-refractivity contribution in [3.63, 3.8) is 0 Å². The fourth-order valence-corrected chi connectivity index (χ4v) is 3.14. The van der Waals surface area contributed by atoms with Crippen molar-refractivity contribution < 1.29 is 0 Å². The molecule has 18 heavy (non-hydrogen) atoms. The first-order valence-corrected chi connectivity index (χ1v) is 7.62. The zero-order valence-electron chi connectivity index (χ0n) is 12.9. The van der Waals surface area contributed by atoms with Gasteiger partial charge in [0.1, 0.15) is 0 Å². The fraction of sp³-hybridized carbons (Fsp3) is 1.00. The first kappa shape index (κ1) is 15.9. The molecular weight excluding hydrogens is 222 g/mol. The monoisotopic (exact) mass is 255 g/mol. The normalized spacial score (nSPS) is 19.7. The first-order chi connectivity index (χ1) is 8.55. The van der Waals surface area contributed by atoms with E-state index in [0.29, 0.717) is 5.41 Å². The molecular formula is C15H33N3. The third-order valence-corrected chi connectivity index (χ3v) is 4.82. The molecule has 3 nitrogen and oxygen atoms in total. The molecule has 108 valence electrons. The molecule has 1 heterocycles. The van der Waals surface area contributed by atoms with Crippen LogP contribution in [-0.4, -0.2) is 56.6 Å². The van der Waals surface area contributed by atoms with Crippen LogP contribution in [0.25, 0.3) is 0 Å². The molecule has 1 aliphatic heterocycles. The van der Waals surface area contributed by atoms with E-state index in [2.05, 4.69) is 37.7 Å². The lowest BCUT2D eigenvalue weighted by atomic mass is 9.81. The summed E-state index contributed by atoms with van der Waals surface area (Å²) in [6, 6.07) is 0. The van der Waals surface area contributed by atoms with Gasteiger partial charge in [-0.15, -0.1) is 0 Å². The Hall–Kier alpha value is -0.120. The van der Waals surface area contributed by atoms with E-state index in [1.807, 2.05) is 0 Å². The molecule has 0 aliphatic carbocycles. The van der Waals surface area contributed by atoms with Crippen molar-refractivity contribution in [2.24, 2.45) is 17.1 Å². The standard InChI is InChI=1S/C15H33N3/c1-5-15(6-2,12-16)13-18-9-7-14(8-10-18)11-17(3)4/h14H,5-13,16H2,1-4H3. The summed E-state index contributed by atoms with van der Waals surface area (Å²) in [5.74, 6) is 0.895. The molecule has 0 aromatic heterocycles. The SMILES string of the molecule is CCC(CC)(CN)CN1CCC(CN(C)C)CC1. The predicted octanol–water partition coefficient (Wildman–Crippen LogP) is 2.03. The largest absolute Gasteiger partial charge is 0.330 e. The van der Waals surface area contributed by atoms with Crippen LogP contribution in [0.1, 0.15) is 39.5 Å². The average Bonchev–Trinajstić information content (AvgIpc) is 2.38. The third-order valence-electron chi connectivity index (χ3n) is 4.82. The second-order valence-electron chi connectivity index (χ2n) is 6.39. The fourth-order valence-electron chi connectivity index (χ4n) is 3.14. The average molecular weight is 255 g/mol. The van der Waals surface area contributed by atoms with Gasteiger partial charge in [0.05, 0.1) is 0 Å².